The van der Waals surface area contributed by atoms with E-state index in [0.717, 1.165) is 12.8 Å². The van der Waals surface area contributed by atoms with Crippen molar-refractivity contribution in [3.8, 4) is 0 Å². The first-order valence-electron chi connectivity index (χ1n) is 6.12. The zero-order valence-corrected chi connectivity index (χ0v) is 11.2. The van der Waals surface area contributed by atoms with Gasteiger partial charge in [0.25, 0.3) is 0 Å². The van der Waals surface area contributed by atoms with Crippen molar-refractivity contribution >= 4 is 6.03 Å². The Morgan fingerprint density at radius 3 is 2.25 bits per heavy atom. The van der Waals surface area contributed by atoms with Crippen LogP contribution in [0.4, 0.5) is 4.79 Å². The molecule has 0 aliphatic carbocycles. The molecule has 0 bridgehead atoms. The topological polar surface area (TPSA) is 41.6 Å². The Balaban J connectivity index is 4.44. The summed E-state index contributed by atoms with van der Waals surface area (Å²) in [6.07, 6.45) is 1.96. The minimum atomic E-state index is 0.0146. The van der Waals surface area contributed by atoms with Crippen LogP contribution in [0.15, 0.2) is 0 Å². The van der Waals surface area contributed by atoms with Gasteiger partial charge < -0.3 is 15.0 Å². The quantitative estimate of drug-likeness (QED) is 0.728. The van der Waals surface area contributed by atoms with E-state index in [4.69, 9.17) is 4.74 Å². The highest BCUT2D eigenvalue weighted by atomic mass is 16.5. The number of nitrogens with one attached hydrogen (secondary N) is 1. The van der Waals surface area contributed by atoms with Gasteiger partial charge in [-0.25, -0.2) is 4.79 Å². The molecule has 0 aromatic rings. The molecule has 4 heteroatoms. The van der Waals surface area contributed by atoms with E-state index in [1.807, 2.05) is 18.7 Å². The zero-order chi connectivity index (χ0) is 12.6. The molecule has 0 heterocycles. The lowest BCUT2D eigenvalue weighted by Crippen LogP contribution is -2.49. The van der Waals surface area contributed by atoms with E-state index in [-0.39, 0.29) is 12.1 Å². The Bertz CT molecular complexity index is 191. The van der Waals surface area contributed by atoms with Crippen LogP contribution in [-0.2, 0) is 4.74 Å². The fourth-order valence-electron chi connectivity index (χ4n) is 1.70. The molecule has 0 atom stereocenters. The number of hydrogen-bond acceptors (Lipinski definition) is 2. The average Bonchev–Trinajstić information content (AvgIpc) is 2.23. The molecule has 0 aliphatic heterocycles. The van der Waals surface area contributed by atoms with Gasteiger partial charge in [-0.05, 0) is 26.7 Å². The van der Waals surface area contributed by atoms with E-state index in [0.29, 0.717) is 19.2 Å². The lowest BCUT2D eigenvalue weighted by Gasteiger charge is -2.31. The van der Waals surface area contributed by atoms with Crippen molar-refractivity contribution in [2.45, 2.75) is 52.6 Å². The molecule has 0 saturated heterocycles. The summed E-state index contributed by atoms with van der Waals surface area (Å²) in [7, 11) is 1.66. The molecule has 0 rings (SSSR count). The van der Waals surface area contributed by atoms with Crippen molar-refractivity contribution in [2.24, 2.45) is 0 Å². The molecule has 0 aliphatic rings. The van der Waals surface area contributed by atoms with E-state index < -0.39 is 0 Å². The minimum absolute atomic E-state index is 0.0146. The number of carbonyl (C=O) groups excluding carboxylic acids is 1. The third kappa shape index (κ3) is 5.35. The van der Waals surface area contributed by atoms with E-state index in [1.54, 1.807) is 7.11 Å². The van der Waals surface area contributed by atoms with Crippen molar-refractivity contribution in [2.75, 3.05) is 20.3 Å². The van der Waals surface area contributed by atoms with Gasteiger partial charge in [-0.2, -0.15) is 0 Å². The van der Waals surface area contributed by atoms with Crippen LogP contribution < -0.4 is 5.32 Å². The van der Waals surface area contributed by atoms with Gasteiger partial charge in [0.1, 0.15) is 0 Å². The van der Waals surface area contributed by atoms with Crippen molar-refractivity contribution in [1.82, 2.24) is 10.2 Å². The number of ether oxygens (including phenoxy) is 1. The summed E-state index contributed by atoms with van der Waals surface area (Å²) in [5.74, 6) is 0. The third-order valence-corrected chi connectivity index (χ3v) is 2.59. The number of carbonyl (C=O) groups is 1. The van der Waals surface area contributed by atoms with E-state index in [9.17, 15) is 4.79 Å². The van der Waals surface area contributed by atoms with Crippen LogP contribution in [0.2, 0.25) is 0 Å². The van der Waals surface area contributed by atoms with Gasteiger partial charge in [-0.3, -0.25) is 0 Å². The van der Waals surface area contributed by atoms with Crippen LogP contribution in [0.1, 0.15) is 40.5 Å². The maximum absolute atomic E-state index is 12.0. The molecule has 0 radical (unpaired) electrons. The largest absolute Gasteiger partial charge is 0.383 e. The Labute approximate surface area is 99.3 Å². The number of hydrogen-bond donors (Lipinski definition) is 1. The molecule has 4 nitrogen and oxygen atoms in total. The summed E-state index contributed by atoms with van der Waals surface area (Å²) in [5.41, 5.74) is 0. The molecule has 0 spiro atoms. The van der Waals surface area contributed by atoms with Crippen LogP contribution in [0.3, 0.4) is 0 Å². The maximum Gasteiger partial charge on any atom is 0.317 e. The first-order valence-corrected chi connectivity index (χ1v) is 6.12. The van der Waals surface area contributed by atoms with Gasteiger partial charge in [0.15, 0.2) is 0 Å². The highest BCUT2D eigenvalue weighted by Gasteiger charge is 2.20. The van der Waals surface area contributed by atoms with Crippen LogP contribution >= 0.6 is 0 Å². The molecule has 2 amide bonds. The normalized spacial score (nSPS) is 10.9. The Morgan fingerprint density at radius 2 is 1.88 bits per heavy atom. The SMILES string of the molecule is CCC(CC)N(CCOC)C(=O)NC(C)C. The highest BCUT2D eigenvalue weighted by molar-refractivity contribution is 5.74. The van der Waals surface area contributed by atoms with E-state index in [1.165, 1.54) is 0 Å². The molecule has 16 heavy (non-hydrogen) atoms. The van der Waals surface area contributed by atoms with Crippen molar-refractivity contribution in [3.63, 3.8) is 0 Å². The van der Waals surface area contributed by atoms with Crippen LogP contribution in [0, 0.1) is 0 Å². The van der Waals surface area contributed by atoms with Crippen molar-refractivity contribution < 1.29 is 9.53 Å². The molecule has 1 N–H and O–H groups in total. The summed E-state index contributed by atoms with van der Waals surface area (Å²) in [6.45, 7) is 9.40. The monoisotopic (exact) mass is 230 g/mol. The fourth-order valence-corrected chi connectivity index (χ4v) is 1.70. The molecule has 0 aromatic heterocycles. The van der Waals surface area contributed by atoms with Gasteiger partial charge in [0.05, 0.1) is 6.61 Å². The molecular weight excluding hydrogens is 204 g/mol. The summed E-state index contributed by atoms with van der Waals surface area (Å²) in [5, 5.41) is 2.93. The smallest absolute Gasteiger partial charge is 0.317 e. The Kier molecular flexibility index (Phi) is 7.99. The number of amides is 2. The van der Waals surface area contributed by atoms with Gasteiger partial charge >= 0.3 is 6.03 Å². The minimum Gasteiger partial charge on any atom is -0.383 e. The summed E-state index contributed by atoms with van der Waals surface area (Å²) in [4.78, 5) is 13.9. The predicted molar refractivity (Wildman–Crippen MR) is 66.6 cm³/mol. The lowest BCUT2D eigenvalue weighted by atomic mass is 10.1. The average molecular weight is 230 g/mol. The first-order chi connectivity index (χ1) is 7.56. The van der Waals surface area contributed by atoms with E-state index >= 15 is 0 Å². The van der Waals surface area contributed by atoms with E-state index in [2.05, 4.69) is 19.2 Å². The number of rotatable bonds is 7. The summed E-state index contributed by atoms with van der Waals surface area (Å²) in [6, 6.07) is 0.488. The molecule has 96 valence electrons. The molecule has 0 aromatic carbocycles. The molecule has 0 unspecified atom stereocenters. The first kappa shape index (κ1) is 15.2. The fraction of sp³-hybridized carbons (Fsp3) is 0.917. The Hall–Kier alpha value is -0.770. The maximum atomic E-state index is 12.0. The highest BCUT2D eigenvalue weighted by Crippen LogP contribution is 2.08. The second-order valence-electron chi connectivity index (χ2n) is 4.26. The standard InChI is InChI=1S/C12H26N2O2/c1-6-11(7-2)14(8-9-16-5)12(15)13-10(3)4/h10-11H,6-9H2,1-5H3,(H,13,15). The van der Waals surface area contributed by atoms with Gasteiger partial charge in [0, 0.05) is 25.7 Å². The van der Waals surface area contributed by atoms with Crippen LogP contribution in [0.25, 0.3) is 0 Å². The number of nitrogens with zero attached hydrogens (tertiary/aromatic N) is 1. The number of methoxy groups -OCH3 is 1. The predicted octanol–water partition coefficient (Wildman–Crippen LogP) is 2.24. The summed E-state index contributed by atoms with van der Waals surface area (Å²) < 4.78 is 5.04. The Morgan fingerprint density at radius 1 is 1.31 bits per heavy atom. The second-order valence-corrected chi connectivity index (χ2v) is 4.26. The zero-order valence-electron chi connectivity index (χ0n) is 11.2. The summed E-state index contributed by atoms with van der Waals surface area (Å²) >= 11 is 0. The van der Waals surface area contributed by atoms with Crippen molar-refractivity contribution in [3.05, 3.63) is 0 Å². The van der Waals surface area contributed by atoms with Crippen LogP contribution in [0.5, 0.6) is 0 Å². The van der Waals surface area contributed by atoms with Gasteiger partial charge in [0.2, 0.25) is 0 Å². The third-order valence-electron chi connectivity index (χ3n) is 2.59. The molecule has 0 saturated carbocycles. The molecule has 0 fully saturated rings. The number of urea groups is 1. The molecular formula is C12H26N2O2. The van der Waals surface area contributed by atoms with Gasteiger partial charge in [-0.15, -0.1) is 0 Å². The second kappa shape index (κ2) is 8.39. The van der Waals surface area contributed by atoms with Crippen LogP contribution in [-0.4, -0.2) is 43.3 Å². The lowest BCUT2D eigenvalue weighted by molar-refractivity contribution is 0.125. The van der Waals surface area contributed by atoms with Gasteiger partial charge in [-0.1, -0.05) is 13.8 Å². The van der Waals surface area contributed by atoms with Crippen molar-refractivity contribution in [1.29, 1.82) is 0 Å².